The average molecular weight is 286 g/mol. The van der Waals surface area contributed by atoms with E-state index in [1.807, 2.05) is 31.4 Å². The second-order valence-electron chi connectivity index (χ2n) is 5.20. The van der Waals surface area contributed by atoms with Gasteiger partial charge in [-0.3, -0.25) is 4.98 Å². The first kappa shape index (κ1) is 13.1. The first-order valence-electron chi connectivity index (χ1n) is 6.66. The summed E-state index contributed by atoms with van der Waals surface area (Å²) in [5.41, 5.74) is 3.50. The zero-order chi connectivity index (χ0) is 14.3. The van der Waals surface area contributed by atoms with Crippen molar-refractivity contribution in [3.8, 4) is 0 Å². The number of likely N-dealkylation sites (N-methyl/N-ethyl adjacent to an activating group) is 1. The van der Waals surface area contributed by atoms with E-state index in [1.165, 1.54) is 11.4 Å². The molecule has 2 atom stereocenters. The molecule has 0 amide bonds. The first-order chi connectivity index (χ1) is 9.59. The predicted molar refractivity (Wildman–Crippen MR) is 83.4 cm³/mol. The SMILES string of the molecule is Cc1ccc([C@H]2[C@@H](c3ccccn3)NC(=S)N2C)n1C. The van der Waals surface area contributed by atoms with Gasteiger partial charge in [0.25, 0.3) is 0 Å². The maximum Gasteiger partial charge on any atom is 0.169 e. The molecule has 4 nitrogen and oxygen atoms in total. The van der Waals surface area contributed by atoms with Crippen LogP contribution in [-0.2, 0) is 7.05 Å². The lowest BCUT2D eigenvalue weighted by Crippen LogP contribution is -2.25. The fraction of sp³-hybridized carbons (Fsp3) is 0.333. The van der Waals surface area contributed by atoms with Gasteiger partial charge in [-0.05, 0) is 43.4 Å². The molecule has 0 spiro atoms. The Bertz CT molecular complexity index is 635. The molecule has 2 aromatic rings. The molecule has 1 saturated heterocycles. The molecule has 3 heterocycles. The van der Waals surface area contributed by atoms with E-state index in [2.05, 4.69) is 45.9 Å². The smallest absolute Gasteiger partial charge is 0.169 e. The third-order valence-corrected chi connectivity index (χ3v) is 4.46. The number of aromatic nitrogens is 2. The third kappa shape index (κ3) is 1.98. The second-order valence-corrected chi connectivity index (χ2v) is 5.58. The molecule has 20 heavy (non-hydrogen) atoms. The van der Waals surface area contributed by atoms with Gasteiger partial charge in [-0.2, -0.15) is 0 Å². The molecule has 1 aliphatic heterocycles. The summed E-state index contributed by atoms with van der Waals surface area (Å²) in [6, 6.07) is 10.5. The maximum atomic E-state index is 5.42. The van der Waals surface area contributed by atoms with Gasteiger partial charge in [-0.1, -0.05) is 6.07 Å². The molecule has 0 aromatic carbocycles. The molecular weight excluding hydrogens is 268 g/mol. The number of hydrogen-bond acceptors (Lipinski definition) is 2. The van der Waals surface area contributed by atoms with Crippen molar-refractivity contribution in [2.75, 3.05) is 7.05 Å². The van der Waals surface area contributed by atoms with E-state index in [9.17, 15) is 0 Å². The summed E-state index contributed by atoms with van der Waals surface area (Å²) in [4.78, 5) is 6.60. The van der Waals surface area contributed by atoms with Crippen LogP contribution in [0.3, 0.4) is 0 Å². The molecule has 3 rings (SSSR count). The number of hydrogen-bond donors (Lipinski definition) is 1. The fourth-order valence-electron chi connectivity index (χ4n) is 2.76. The van der Waals surface area contributed by atoms with Crippen LogP contribution in [0.5, 0.6) is 0 Å². The zero-order valence-corrected chi connectivity index (χ0v) is 12.7. The Labute approximate surface area is 124 Å². The molecule has 5 heteroatoms. The number of rotatable bonds is 2. The molecular formula is C15H18N4S. The Hall–Kier alpha value is -1.88. The molecule has 2 aromatic heterocycles. The van der Waals surface area contributed by atoms with Crippen LogP contribution in [0.1, 0.15) is 29.2 Å². The molecule has 0 bridgehead atoms. The van der Waals surface area contributed by atoms with Crippen LogP contribution in [0.4, 0.5) is 0 Å². The normalized spacial score (nSPS) is 22.1. The topological polar surface area (TPSA) is 33.1 Å². The van der Waals surface area contributed by atoms with Crippen molar-refractivity contribution in [1.82, 2.24) is 19.8 Å². The second kappa shape index (κ2) is 4.90. The van der Waals surface area contributed by atoms with Crippen molar-refractivity contribution in [3.05, 3.63) is 53.6 Å². The summed E-state index contributed by atoms with van der Waals surface area (Å²) < 4.78 is 2.22. The molecule has 1 aliphatic rings. The summed E-state index contributed by atoms with van der Waals surface area (Å²) in [6.07, 6.45) is 1.83. The lowest BCUT2D eigenvalue weighted by Gasteiger charge is -2.25. The minimum atomic E-state index is 0.0849. The number of pyridine rings is 1. The van der Waals surface area contributed by atoms with Gasteiger partial charge in [0, 0.05) is 31.7 Å². The standard InChI is InChI=1S/C15H18N4S/c1-10-7-8-12(18(10)2)14-13(17-15(20)19(14)3)11-6-4-5-9-16-11/h4-9,13-14H,1-3H3,(H,17,20)/t13-,14+/m1/s1. The van der Waals surface area contributed by atoms with Crippen LogP contribution < -0.4 is 5.32 Å². The van der Waals surface area contributed by atoms with Crippen LogP contribution in [-0.4, -0.2) is 26.6 Å². The molecule has 104 valence electrons. The van der Waals surface area contributed by atoms with Gasteiger partial charge in [-0.15, -0.1) is 0 Å². The fourth-order valence-corrected chi connectivity index (χ4v) is 3.00. The van der Waals surface area contributed by atoms with Gasteiger partial charge in [0.15, 0.2) is 5.11 Å². The largest absolute Gasteiger partial charge is 0.352 e. The minimum Gasteiger partial charge on any atom is -0.352 e. The van der Waals surface area contributed by atoms with Crippen molar-refractivity contribution >= 4 is 17.3 Å². The number of aryl methyl sites for hydroxylation is 1. The molecule has 1 N–H and O–H groups in total. The average Bonchev–Trinajstić information content (AvgIpc) is 2.93. The van der Waals surface area contributed by atoms with Gasteiger partial charge in [-0.25, -0.2) is 0 Å². The van der Waals surface area contributed by atoms with Crippen molar-refractivity contribution in [2.24, 2.45) is 7.05 Å². The number of nitrogens with one attached hydrogen (secondary N) is 1. The van der Waals surface area contributed by atoms with Crippen LogP contribution in [0.25, 0.3) is 0 Å². The van der Waals surface area contributed by atoms with Crippen molar-refractivity contribution in [2.45, 2.75) is 19.0 Å². The highest BCUT2D eigenvalue weighted by Crippen LogP contribution is 2.37. The van der Waals surface area contributed by atoms with Gasteiger partial charge >= 0.3 is 0 Å². The van der Waals surface area contributed by atoms with Gasteiger partial charge in [0.05, 0.1) is 17.8 Å². The summed E-state index contributed by atoms with van der Waals surface area (Å²) in [7, 11) is 4.13. The summed E-state index contributed by atoms with van der Waals surface area (Å²) in [5.74, 6) is 0. The molecule has 0 saturated carbocycles. The summed E-state index contributed by atoms with van der Waals surface area (Å²) >= 11 is 5.42. The predicted octanol–water partition coefficient (Wildman–Crippen LogP) is 2.33. The Morgan fingerprint density at radius 3 is 2.60 bits per heavy atom. The van der Waals surface area contributed by atoms with E-state index >= 15 is 0 Å². The monoisotopic (exact) mass is 286 g/mol. The summed E-state index contributed by atoms with van der Waals surface area (Å²) in [5, 5.41) is 4.15. The van der Waals surface area contributed by atoms with Crippen LogP contribution in [0, 0.1) is 6.92 Å². The summed E-state index contributed by atoms with van der Waals surface area (Å²) in [6.45, 7) is 2.11. The number of nitrogens with zero attached hydrogens (tertiary/aromatic N) is 3. The van der Waals surface area contributed by atoms with E-state index in [0.717, 1.165) is 10.8 Å². The van der Waals surface area contributed by atoms with E-state index in [1.54, 1.807) is 0 Å². The van der Waals surface area contributed by atoms with Crippen LogP contribution in [0.2, 0.25) is 0 Å². The Morgan fingerprint density at radius 2 is 2.00 bits per heavy atom. The molecule has 0 aliphatic carbocycles. The lowest BCUT2D eigenvalue weighted by molar-refractivity contribution is 0.352. The Morgan fingerprint density at radius 1 is 1.20 bits per heavy atom. The highest BCUT2D eigenvalue weighted by molar-refractivity contribution is 7.80. The van der Waals surface area contributed by atoms with E-state index in [-0.39, 0.29) is 12.1 Å². The van der Waals surface area contributed by atoms with Crippen molar-refractivity contribution in [1.29, 1.82) is 0 Å². The molecule has 0 unspecified atom stereocenters. The maximum absolute atomic E-state index is 5.42. The highest BCUT2D eigenvalue weighted by Gasteiger charge is 2.38. The highest BCUT2D eigenvalue weighted by atomic mass is 32.1. The van der Waals surface area contributed by atoms with Crippen molar-refractivity contribution in [3.63, 3.8) is 0 Å². The molecule has 1 fully saturated rings. The minimum absolute atomic E-state index is 0.0849. The lowest BCUT2D eigenvalue weighted by atomic mass is 10.0. The first-order valence-corrected chi connectivity index (χ1v) is 7.07. The quantitative estimate of drug-likeness (QED) is 0.859. The Balaban J connectivity index is 2.05. The Kier molecular flexibility index (Phi) is 3.22. The van der Waals surface area contributed by atoms with E-state index in [0.29, 0.717) is 0 Å². The van der Waals surface area contributed by atoms with E-state index < -0.39 is 0 Å². The van der Waals surface area contributed by atoms with Gasteiger partial charge < -0.3 is 14.8 Å². The zero-order valence-electron chi connectivity index (χ0n) is 11.9. The van der Waals surface area contributed by atoms with E-state index in [4.69, 9.17) is 12.2 Å². The third-order valence-electron chi connectivity index (χ3n) is 4.05. The number of thiocarbonyl (C=S) groups is 1. The van der Waals surface area contributed by atoms with Gasteiger partial charge in [0.1, 0.15) is 0 Å². The van der Waals surface area contributed by atoms with Crippen LogP contribution in [0.15, 0.2) is 36.5 Å². The van der Waals surface area contributed by atoms with Crippen LogP contribution >= 0.6 is 12.2 Å². The molecule has 0 radical (unpaired) electrons. The van der Waals surface area contributed by atoms with Gasteiger partial charge in [0.2, 0.25) is 0 Å². The van der Waals surface area contributed by atoms with Crippen molar-refractivity contribution < 1.29 is 0 Å².